The number of pyridine rings is 1. The second-order valence-electron chi connectivity index (χ2n) is 5.51. The van der Waals surface area contributed by atoms with Crippen LogP contribution in [-0.4, -0.2) is 17.5 Å². The zero-order valence-electron chi connectivity index (χ0n) is 13.3. The van der Waals surface area contributed by atoms with Crippen molar-refractivity contribution in [1.29, 1.82) is 0 Å². The number of ether oxygens (including phenoxy) is 1. The Morgan fingerprint density at radius 3 is 2.65 bits per heavy atom. The van der Waals surface area contributed by atoms with E-state index in [1.54, 1.807) is 18.3 Å². The van der Waals surface area contributed by atoms with Crippen molar-refractivity contribution in [2.45, 2.75) is 20.3 Å². The molecule has 0 saturated heterocycles. The number of nitrogens with zero attached hydrogens (tertiary/aromatic N) is 1. The van der Waals surface area contributed by atoms with Gasteiger partial charge in [-0.1, -0.05) is 26.0 Å². The van der Waals surface area contributed by atoms with Gasteiger partial charge in [0.25, 0.3) is 0 Å². The molecular weight excluding hydrogens is 314 g/mol. The van der Waals surface area contributed by atoms with Gasteiger partial charge >= 0.3 is 0 Å². The van der Waals surface area contributed by atoms with Gasteiger partial charge in [0, 0.05) is 5.69 Å². The number of carbonyl (C=O) groups excluding carboxylic acids is 1. The molecule has 0 radical (unpaired) electrons. The molecule has 0 unspecified atom stereocenters. The van der Waals surface area contributed by atoms with E-state index in [9.17, 15) is 4.79 Å². The van der Waals surface area contributed by atoms with Crippen molar-refractivity contribution in [3.05, 3.63) is 48.3 Å². The Balaban J connectivity index is 0.00000264. The zero-order valence-corrected chi connectivity index (χ0v) is 14.1. The molecule has 1 aromatic carbocycles. The third kappa shape index (κ3) is 6.16. The summed E-state index contributed by atoms with van der Waals surface area (Å²) in [7, 11) is 0. The highest BCUT2D eigenvalue weighted by Crippen LogP contribution is 2.24. The average Bonchev–Trinajstić information content (AvgIpc) is 2.48. The molecule has 1 aromatic heterocycles. The summed E-state index contributed by atoms with van der Waals surface area (Å²) in [6, 6.07) is 10.9. The molecule has 0 bridgehead atoms. The van der Waals surface area contributed by atoms with Crippen molar-refractivity contribution in [2.24, 2.45) is 5.92 Å². The van der Waals surface area contributed by atoms with Crippen LogP contribution >= 0.6 is 12.4 Å². The third-order valence-electron chi connectivity index (χ3n) is 2.92. The van der Waals surface area contributed by atoms with E-state index < -0.39 is 0 Å². The van der Waals surface area contributed by atoms with E-state index in [2.05, 4.69) is 24.1 Å². The molecule has 0 atom stereocenters. The van der Waals surface area contributed by atoms with Gasteiger partial charge in [0.2, 0.25) is 5.91 Å². The van der Waals surface area contributed by atoms with E-state index >= 15 is 0 Å². The summed E-state index contributed by atoms with van der Waals surface area (Å²) >= 11 is 0. The van der Waals surface area contributed by atoms with E-state index in [0.29, 0.717) is 35.3 Å². The highest BCUT2D eigenvalue weighted by molar-refractivity contribution is 5.93. The highest BCUT2D eigenvalue weighted by Gasteiger charge is 2.09. The van der Waals surface area contributed by atoms with Crippen LogP contribution in [0.2, 0.25) is 0 Å². The van der Waals surface area contributed by atoms with Crippen LogP contribution in [0.5, 0.6) is 5.75 Å². The number of nitrogen functional groups attached to an aromatic ring is 1. The van der Waals surface area contributed by atoms with Crippen LogP contribution in [0.4, 0.5) is 11.4 Å². The Bertz CT molecular complexity index is 630. The van der Waals surface area contributed by atoms with Crippen LogP contribution in [0.3, 0.4) is 0 Å². The molecule has 1 amide bonds. The van der Waals surface area contributed by atoms with Gasteiger partial charge in [-0.2, -0.15) is 0 Å². The Labute approximate surface area is 142 Å². The fourth-order valence-electron chi connectivity index (χ4n) is 1.85. The molecule has 2 rings (SSSR count). The molecule has 3 N–H and O–H groups in total. The molecule has 1 heterocycles. The fourth-order valence-corrected chi connectivity index (χ4v) is 1.85. The lowest BCUT2D eigenvalue weighted by molar-refractivity contribution is -0.115. The highest BCUT2D eigenvalue weighted by atomic mass is 35.5. The van der Waals surface area contributed by atoms with Crippen LogP contribution in [0.1, 0.15) is 19.5 Å². The van der Waals surface area contributed by atoms with Gasteiger partial charge in [0.05, 0.1) is 30.6 Å². The van der Waals surface area contributed by atoms with Gasteiger partial charge < -0.3 is 15.8 Å². The number of hydrogen-bond acceptors (Lipinski definition) is 4. The maximum absolute atomic E-state index is 12.1. The minimum atomic E-state index is -0.141. The van der Waals surface area contributed by atoms with Gasteiger partial charge in [-0.25, -0.2) is 0 Å². The van der Waals surface area contributed by atoms with Gasteiger partial charge in [0.1, 0.15) is 5.75 Å². The first-order chi connectivity index (χ1) is 10.5. The minimum Gasteiger partial charge on any atom is -0.491 e. The smallest absolute Gasteiger partial charge is 0.230 e. The van der Waals surface area contributed by atoms with Gasteiger partial charge in [-0.05, 0) is 30.2 Å². The molecular formula is C17H22ClN3O2. The standard InChI is InChI=1S/C17H21N3O2.ClH/c1-12(2)11-22-16-6-4-3-5-15(16)20-17(21)9-14-8-7-13(18)10-19-14;/h3-8,10,12H,9,11,18H2,1-2H3,(H,20,21);1H. The number of para-hydroxylation sites is 2. The molecule has 0 aliphatic rings. The maximum Gasteiger partial charge on any atom is 0.230 e. The largest absolute Gasteiger partial charge is 0.491 e. The second kappa shape index (κ2) is 9.00. The molecule has 0 spiro atoms. The number of nitrogens with two attached hydrogens (primary N) is 1. The Morgan fingerprint density at radius 2 is 2.00 bits per heavy atom. The SMILES string of the molecule is CC(C)COc1ccccc1NC(=O)Cc1ccc(N)cn1.Cl. The lowest BCUT2D eigenvalue weighted by Gasteiger charge is -2.13. The number of amides is 1. The minimum absolute atomic E-state index is 0. The number of anilines is 2. The average molecular weight is 336 g/mol. The number of benzene rings is 1. The second-order valence-corrected chi connectivity index (χ2v) is 5.51. The summed E-state index contributed by atoms with van der Waals surface area (Å²) in [6.45, 7) is 4.76. The van der Waals surface area contributed by atoms with Crippen LogP contribution in [0, 0.1) is 5.92 Å². The Kier molecular flexibility index (Phi) is 7.35. The Hall–Kier alpha value is -2.27. The molecule has 0 aliphatic heterocycles. The topological polar surface area (TPSA) is 77.2 Å². The fraction of sp³-hybridized carbons (Fsp3) is 0.294. The van der Waals surface area contributed by atoms with Crippen LogP contribution in [-0.2, 0) is 11.2 Å². The predicted octanol–water partition coefficient (Wildman–Crippen LogP) is 3.30. The first kappa shape index (κ1) is 18.8. The van der Waals surface area contributed by atoms with Crippen LogP contribution in [0.25, 0.3) is 0 Å². The van der Waals surface area contributed by atoms with Crippen molar-refractivity contribution in [2.75, 3.05) is 17.7 Å². The Morgan fingerprint density at radius 1 is 1.26 bits per heavy atom. The van der Waals surface area contributed by atoms with Crippen LogP contribution < -0.4 is 15.8 Å². The lowest BCUT2D eigenvalue weighted by atomic mass is 10.2. The zero-order chi connectivity index (χ0) is 15.9. The molecule has 0 saturated carbocycles. The number of aromatic nitrogens is 1. The summed E-state index contributed by atoms with van der Waals surface area (Å²) in [6.07, 6.45) is 1.74. The van der Waals surface area contributed by atoms with E-state index in [1.807, 2.05) is 24.3 Å². The van der Waals surface area contributed by atoms with Gasteiger partial charge in [-0.3, -0.25) is 9.78 Å². The van der Waals surface area contributed by atoms with Gasteiger partial charge in [0.15, 0.2) is 0 Å². The van der Waals surface area contributed by atoms with Crippen molar-refractivity contribution >= 4 is 29.7 Å². The molecule has 6 heteroatoms. The first-order valence-electron chi connectivity index (χ1n) is 7.26. The maximum atomic E-state index is 12.1. The summed E-state index contributed by atoms with van der Waals surface area (Å²) < 4.78 is 5.72. The molecule has 0 aliphatic carbocycles. The molecule has 23 heavy (non-hydrogen) atoms. The number of hydrogen-bond donors (Lipinski definition) is 2. The molecule has 5 nitrogen and oxygen atoms in total. The van der Waals surface area contributed by atoms with E-state index in [0.717, 1.165) is 0 Å². The van der Waals surface area contributed by atoms with E-state index in [-0.39, 0.29) is 24.7 Å². The number of rotatable bonds is 6. The van der Waals surface area contributed by atoms with Gasteiger partial charge in [-0.15, -0.1) is 12.4 Å². The third-order valence-corrected chi connectivity index (χ3v) is 2.92. The summed E-state index contributed by atoms with van der Waals surface area (Å²) in [5.74, 6) is 0.954. The monoisotopic (exact) mass is 335 g/mol. The number of carbonyl (C=O) groups is 1. The first-order valence-corrected chi connectivity index (χ1v) is 7.26. The lowest BCUT2D eigenvalue weighted by Crippen LogP contribution is -2.16. The quantitative estimate of drug-likeness (QED) is 0.849. The molecule has 2 aromatic rings. The number of nitrogens with one attached hydrogen (secondary N) is 1. The summed E-state index contributed by atoms with van der Waals surface area (Å²) in [5, 5.41) is 2.86. The summed E-state index contributed by atoms with van der Waals surface area (Å²) in [5.41, 5.74) is 7.50. The molecule has 0 fully saturated rings. The van der Waals surface area contributed by atoms with E-state index in [4.69, 9.17) is 10.5 Å². The predicted molar refractivity (Wildman–Crippen MR) is 95.0 cm³/mol. The van der Waals surface area contributed by atoms with Crippen LogP contribution in [0.15, 0.2) is 42.6 Å². The van der Waals surface area contributed by atoms with Crippen molar-refractivity contribution in [1.82, 2.24) is 4.98 Å². The van der Waals surface area contributed by atoms with Crippen molar-refractivity contribution in [3.8, 4) is 5.75 Å². The normalized spacial score (nSPS) is 10.0. The summed E-state index contributed by atoms with van der Waals surface area (Å²) in [4.78, 5) is 16.2. The molecule has 124 valence electrons. The van der Waals surface area contributed by atoms with E-state index in [1.165, 1.54) is 0 Å². The number of halogens is 1. The van der Waals surface area contributed by atoms with Crippen molar-refractivity contribution < 1.29 is 9.53 Å². The van der Waals surface area contributed by atoms with Crippen molar-refractivity contribution in [3.63, 3.8) is 0 Å².